The highest BCUT2D eigenvalue weighted by atomic mass is 16.7. The quantitative estimate of drug-likeness (QED) is 0.0256. The molecule has 9 heteroatoms. The Morgan fingerprint density at radius 3 is 0.821 bits per heavy atom. The maximum absolute atomic E-state index is 12.9. The Balaban J connectivity index is 4.01. The maximum Gasteiger partial charge on any atom is 0.306 e. The number of carbonyl (C=O) groups is 3. The molecule has 0 aliphatic heterocycles. The van der Waals surface area contributed by atoms with E-state index in [1.54, 1.807) is 0 Å². The molecule has 0 aromatic carbocycles. The largest absolute Gasteiger partial charge is 0.545 e. The van der Waals surface area contributed by atoms with Gasteiger partial charge >= 0.3 is 11.9 Å². The van der Waals surface area contributed by atoms with Crippen LogP contribution in [0.4, 0.5) is 0 Å². The molecule has 0 rings (SSSR count). The molecule has 0 N–H and O–H groups in total. The van der Waals surface area contributed by atoms with Gasteiger partial charge in [-0.2, -0.15) is 0 Å². The Hall–Kier alpha value is -1.71. The molecule has 2 unspecified atom stereocenters. The van der Waals surface area contributed by atoms with Crippen molar-refractivity contribution in [1.29, 1.82) is 0 Å². The number of hydrogen-bond acceptors (Lipinski definition) is 8. The minimum Gasteiger partial charge on any atom is -0.545 e. The molecule has 0 aliphatic carbocycles. The Kier molecular flexibility index (Phi) is 60.0. The minimum absolute atomic E-state index is 0.154. The van der Waals surface area contributed by atoms with Crippen molar-refractivity contribution in [3.63, 3.8) is 0 Å². The van der Waals surface area contributed by atoms with Gasteiger partial charge in [0.1, 0.15) is 13.2 Å². The fourth-order valence-electron chi connectivity index (χ4n) is 10.8. The number of ether oxygens (including phenoxy) is 4. The lowest BCUT2D eigenvalue weighted by molar-refractivity contribution is -0.870. The SMILES string of the molecule is CCCCCCCCCCCCCCCCCCCCCCCCCCCCCCCCCCCC(=O)OC(COC(=O)CCCCCCCCCCCCCCCCCCCCCC)COC(OCC[N+](C)(C)C)C(=O)[O-]. The van der Waals surface area contributed by atoms with Crippen molar-refractivity contribution in [2.75, 3.05) is 47.5 Å². The Labute approximate surface area is 485 Å². The van der Waals surface area contributed by atoms with Crippen LogP contribution >= 0.6 is 0 Å². The fourth-order valence-corrected chi connectivity index (χ4v) is 10.8. The molecule has 0 fully saturated rings. The van der Waals surface area contributed by atoms with Crippen LogP contribution in [0, 0.1) is 0 Å². The highest BCUT2D eigenvalue weighted by Gasteiger charge is 2.22. The van der Waals surface area contributed by atoms with Gasteiger partial charge in [-0.25, -0.2) is 0 Å². The molecule has 2 atom stereocenters. The van der Waals surface area contributed by atoms with E-state index in [1.807, 2.05) is 21.1 Å². The molecule has 9 nitrogen and oxygen atoms in total. The lowest BCUT2D eigenvalue weighted by Gasteiger charge is -2.26. The highest BCUT2D eigenvalue weighted by molar-refractivity contribution is 5.70. The van der Waals surface area contributed by atoms with Crippen LogP contribution in [0.2, 0.25) is 0 Å². The third-order valence-electron chi connectivity index (χ3n) is 16.1. The predicted octanol–water partition coefficient (Wildman–Crippen LogP) is 19.8. The van der Waals surface area contributed by atoms with Crippen LogP contribution in [0.15, 0.2) is 0 Å². The molecule has 78 heavy (non-hydrogen) atoms. The minimum atomic E-state index is -1.62. The summed E-state index contributed by atoms with van der Waals surface area (Å²) >= 11 is 0. The molecule has 0 saturated carbocycles. The number of carboxylic acids is 1. The zero-order valence-corrected chi connectivity index (χ0v) is 53.1. The number of carbonyl (C=O) groups excluding carboxylic acids is 3. The van der Waals surface area contributed by atoms with Crippen molar-refractivity contribution in [2.24, 2.45) is 0 Å². The van der Waals surface area contributed by atoms with Gasteiger partial charge < -0.3 is 33.3 Å². The van der Waals surface area contributed by atoms with Crippen LogP contribution in [-0.2, 0) is 33.3 Å². The topological polar surface area (TPSA) is 111 Å². The second-order valence-corrected chi connectivity index (χ2v) is 25.2. The number of esters is 2. The average molecular weight is 1110 g/mol. The van der Waals surface area contributed by atoms with E-state index in [-0.39, 0.29) is 32.2 Å². The summed E-state index contributed by atoms with van der Waals surface area (Å²) in [6.45, 7) is 4.84. The lowest BCUT2D eigenvalue weighted by Crippen LogP contribution is -2.44. The Morgan fingerprint density at radius 1 is 0.333 bits per heavy atom. The summed E-state index contributed by atoms with van der Waals surface area (Å²) in [6, 6.07) is 0. The summed E-state index contributed by atoms with van der Waals surface area (Å²) in [7, 11) is 5.95. The molecule has 0 aromatic heterocycles. The van der Waals surface area contributed by atoms with Crippen molar-refractivity contribution >= 4 is 17.9 Å². The summed E-state index contributed by atoms with van der Waals surface area (Å²) in [5.74, 6) is -2.24. The molecule has 0 spiro atoms. The van der Waals surface area contributed by atoms with Gasteiger partial charge in [-0.1, -0.05) is 341 Å². The molecular formula is C69H135NO8. The first kappa shape index (κ1) is 76.3. The van der Waals surface area contributed by atoms with Gasteiger partial charge in [0, 0.05) is 12.8 Å². The van der Waals surface area contributed by atoms with Crippen molar-refractivity contribution in [3.05, 3.63) is 0 Å². The fraction of sp³-hybridized carbons (Fsp3) is 0.957. The number of aliphatic carboxylic acids is 1. The second-order valence-electron chi connectivity index (χ2n) is 25.2. The van der Waals surface area contributed by atoms with E-state index in [9.17, 15) is 19.5 Å². The first-order valence-corrected chi connectivity index (χ1v) is 34.7. The van der Waals surface area contributed by atoms with E-state index < -0.39 is 24.3 Å². The van der Waals surface area contributed by atoms with Crippen molar-refractivity contribution in [2.45, 2.75) is 379 Å². The van der Waals surface area contributed by atoms with Crippen LogP contribution in [0.5, 0.6) is 0 Å². The third-order valence-corrected chi connectivity index (χ3v) is 16.1. The van der Waals surface area contributed by atoms with Gasteiger partial charge in [-0.05, 0) is 12.8 Å². The normalized spacial score (nSPS) is 12.6. The van der Waals surface area contributed by atoms with E-state index in [1.165, 1.54) is 302 Å². The number of rotatable bonds is 66. The van der Waals surface area contributed by atoms with E-state index in [0.717, 1.165) is 38.5 Å². The lowest BCUT2D eigenvalue weighted by atomic mass is 10.0. The second kappa shape index (κ2) is 61.4. The molecule has 0 aliphatic rings. The number of hydrogen-bond donors (Lipinski definition) is 0. The first-order chi connectivity index (χ1) is 38.1. The van der Waals surface area contributed by atoms with Crippen LogP contribution in [0.1, 0.15) is 367 Å². The zero-order valence-electron chi connectivity index (χ0n) is 53.1. The molecular weight excluding hydrogens is 971 g/mol. The van der Waals surface area contributed by atoms with Gasteiger partial charge in [0.25, 0.3) is 0 Å². The number of unbranched alkanes of at least 4 members (excludes halogenated alkanes) is 51. The zero-order chi connectivity index (χ0) is 56.9. The summed E-state index contributed by atoms with van der Waals surface area (Å²) in [5, 5.41) is 11.8. The molecule has 464 valence electrons. The van der Waals surface area contributed by atoms with Gasteiger partial charge in [0.05, 0.1) is 40.3 Å². The number of quaternary nitrogens is 1. The summed E-state index contributed by atoms with van der Waals surface area (Å²) in [5.41, 5.74) is 0. The Morgan fingerprint density at radius 2 is 0.577 bits per heavy atom. The van der Waals surface area contributed by atoms with Gasteiger partial charge in [-0.15, -0.1) is 0 Å². The Bertz CT molecular complexity index is 1240. The molecule has 0 bridgehead atoms. The van der Waals surface area contributed by atoms with Crippen LogP contribution < -0.4 is 5.11 Å². The number of likely N-dealkylation sites (N-methyl/N-ethyl adjacent to an activating group) is 1. The smallest absolute Gasteiger partial charge is 0.306 e. The average Bonchev–Trinajstić information content (AvgIpc) is 3.41. The molecule has 0 aromatic rings. The molecule has 0 saturated heterocycles. The maximum atomic E-state index is 12.9. The van der Waals surface area contributed by atoms with Crippen LogP contribution in [-0.4, -0.2) is 82.3 Å². The number of carboxylic acid groups (broad SMARTS) is 1. The molecule has 0 heterocycles. The van der Waals surface area contributed by atoms with Gasteiger partial charge in [0.15, 0.2) is 12.4 Å². The third kappa shape index (κ3) is 61.9. The van der Waals surface area contributed by atoms with E-state index in [2.05, 4.69) is 13.8 Å². The summed E-state index contributed by atoms with van der Waals surface area (Å²) in [4.78, 5) is 37.4. The van der Waals surface area contributed by atoms with Gasteiger partial charge in [-0.3, -0.25) is 9.59 Å². The summed E-state index contributed by atoms with van der Waals surface area (Å²) in [6.07, 6.45) is 69.1. The van der Waals surface area contributed by atoms with Crippen LogP contribution in [0.3, 0.4) is 0 Å². The highest BCUT2D eigenvalue weighted by Crippen LogP contribution is 2.19. The monoisotopic (exact) mass is 1110 g/mol. The standard InChI is InChI=1S/C69H135NO8/c1-6-8-10-12-14-16-18-20-22-24-26-28-29-30-31-32-33-34-35-36-37-38-39-40-42-44-46-48-50-52-54-56-58-60-67(72)78-65(64-77-69(68(73)74)75-62-61-70(3,4)5)63-76-66(71)59-57-55-53-51-49-47-45-43-41-27-25-23-21-19-17-15-13-11-9-7-2/h65,69H,6-64H2,1-5H3. The van der Waals surface area contributed by atoms with E-state index in [0.29, 0.717) is 17.4 Å². The summed E-state index contributed by atoms with van der Waals surface area (Å²) < 4.78 is 22.8. The van der Waals surface area contributed by atoms with Crippen molar-refractivity contribution in [3.8, 4) is 0 Å². The predicted molar refractivity (Wildman–Crippen MR) is 330 cm³/mol. The van der Waals surface area contributed by atoms with E-state index in [4.69, 9.17) is 18.9 Å². The first-order valence-electron chi connectivity index (χ1n) is 34.7. The van der Waals surface area contributed by atoms with Crippen molar-refractivity contribution < 1.29 is 42.9 Å². The number of nitrogens with zero attached hydrogens (tertiary/aromatic N) is 1. The van der Waals surface area contributed by atoms with Crippen molar-refractivity contribution in [1.82, 2.24) is 0 Å². The van der Waals surface area contributed by atoms with Gasteiger partial charge in [0.2, 0.25) is 0 Å². The molecule has 0 radical (unpaired) electrons. The van der Waals surface area contributed by atoms with E-state index >= 15 is 0 Å². The molecule has 0 amide bonds. The van der Waals surface area contributed by atoms with Crippen LogP contribution in [0.25, 0.3) is 0 Å².